The number of benzene rings is 1. The van der Waals surface area contributed by atoms with Gasteiger partial charge in [-0.3, -0.25) is 9.59 Å². The Morgan fingerprint density at radius 1 is 1.19 bits per heavy atom. The van der Waals surface area contributed by atoms with E-state index in [1.54, 1.807) is 19.1 Å². The lowest BCUT2D eigenvalue weighted by Crippen LogP contribution is -2.53. The van der Waals surface area contributed by atoms with E-state index in [2.05, 4.69) is 6.58 Å². The van der Waals surface area contributed by atoms with Crippen LogP contribution in [0.15, 0.2) is 36.9 Å². The first kappa shape index (κ1) is 27.2. The third kappa shape index (κ3) is 9.09. The Hall–Kier alpha value is -2.87. The average Bonchev–Trinajstić information content (AvgIpc) is 2.76. The normalized spacial score (nSPS) is 13.5. The number of esters is 1. The highest BCUT2D eigenvalue weighted by Crippen LogP contribution is 2.22. The SMILES string of the molecule is C=CCOC(=O)C(C(C)CC)N(Cc1ccc(OCCCCC(=O)O)cc1)C(=O)C(C)N. The summed E-state index contributed by atoms with van der Waals surface area (Å²) in [6.07, 6.45) is 3.50. The van der Waals surface area contributed by atoms with E-state index in [-0.39, 0.29) is 31.4 Å². The Labute approximate surface area is 190 Å². The molecule has 0 aliphatic heterocycles. The largest absolute Gasteiger partial charge is 0.494 e. The van der Waals surface area contributed by atoms with Crippen LogP contribution in [0.1, 0.15) is 52.0 Å². The molecule has 1 aromatic rings. The third-order valence-corrected chi connectivity index (χ3v) is 5.11. The van der Waals surface area contributed by atoms with E-state index in [0.717, 1.165) is 5.56 Å². The summed E-state index contributed by atoms with van der Waals surface area (Å²) in [5.41, 5.74) is 6.70. The van der Waals surface area contributed by atoms with Gasteiger partial charge in [-0.05, 0) is 43.4 Å². The molecule has 0 bridgehead atoms. The number of aliphatic carboxylic acids is 1. The van der Waals surface area contributed by atoms with Crippen LogP contribution in [0.25, 0.3) is 0 Å². The fourth-order valence-electron chi connectivity index (χ4n) is 3.15. The van der Waals surface area contributed by atoms with Crippen LogP contribution in [0.4, 0.5) is 0 Å². The van der Waals surface area contributed by atoms with Crippen molar-refractivity contribution < 1.29 is 29.0 Å². The Kier molecular flexibility index (Phi) is 12.1. The molecule has 1 rings (SSSR count). The van der Waals surface area contributed by atoms with Gasteiger partial charge in [0.1, 0.15) is 18.4 Å². The second kappa shape index (κ2) is 14.2. The highest BCUT2D eigenvalue weighted by Gasteiger charge is 2.35. The van der Waals surface area contributed by atoms with E-state index in [1.807, 2.05) is 26.0 Å². The average molecular weight is 449 g/mol. The molecular formula is C24H36N2O6. The van der Waals surface area contributed by atoms with Gasteiger partial charge in [0.25, 0.3) is 0 Å². The van der Waals surface area contributed by atoms with Crippen LogP contribution in [0.5, 0.6) is 5.75 Å². The van der Waals surface area contributed by atoms with Crippen LogP contribution in [-0.2, 0) is 25.7 Å². The molecule has 32 heavy (non-hydrogen) atoms. The van der Waals surface area contributed by atoms with E-state index in [9.17, 15) is 14.4 Å². The monoisotopic (exact) mass is 448 g/mol. The van der Waals surface area contributed by atoms with Gasteiger partial charge in [0.05, 0.1) is 12.6 Å². The zero-order valence-electron chi connectivity index (χ0n) is 19.3. The molecule has 0 aliphatic rings. The topological polar surface area (TPSA) is 119 Å². The summed E-state index contributed by atoms with van der Waals surface area (Å²) in [6.45, 7) is 9.72. The van der Waals surface area contributed by atoms with E-state index in [1.165, 1.54) is 11.0 Å². The second-order valence-corrected chi connectivity index (χ2v) is 7.85. The molecule has 1 amide bonds. The van der Waals surface area contributed by atoms with Gasteiger partial charge in [0, 0.05) is 13.0 Å². The lowest BCUT2D eigenvalue weighted by molar-refractivity contribution is -0.157. The van der Waals surface area contributed by atoms with Crippen LogP contribution in [0, 0.1) is 5.92 Å². The quantitative estimate of drug-likeness (QED) is 0.240. The van der Waals surface area contributed by atoms with Gasteiger partial charge in [-0.25, -0.2) is 4.79 Å². The molecule has 3 unspecified atom stereocenters. The Morgan fingerprint density at radius 2 is 1.84 bits per heavy atom. The number of amides is 1. The number of unbranched alkanes of at least 4 members (excludes halogenated alkanes) is 1. The fraction of sp³-hybridized carbons (Fsp3) is 0.542. The first-order chi connectivity index (χ1) is 15.2. The number of ether oxygens (including phenoxy) is 2. The summed E-state index contributed by atoms with van der Waals surface area (Å²) in [7, 11) is 0. The highest BCUT2D eigenvalue weighted by molar-refractivity contribution is 5.87. The van der Waals surface area contributed by atoms with Crippen molar-refractivity contribution in [2.75, 3.05) is 13.2 Å². The number of hydrogen-bond donors (Lipinski definition) is 2. The number of hydrogen-bond acceptors (Lipinski definition) is 6. The number of carbonyl (C=O) groups is 3. The van der Waals surface area contributed by atoms with Gasteiger partial charge in [-0.1, -0.05) is 45.1 Å². The molecule has 1 aromatic carbocycles. The summed E-state index contributed by atoms with van der Waals surface area (Å²) in [5, 5.41) is 8.66. The van der Waals surface area contributed by atoms with Crippen molar-refractivity contribution in [1.29, 1.82) is 0 Å². The first-order valence-electron chi connectivity index (χ1n) is 11.0. The van der Waals surface area contributed by atoms with E-state index < -0.39 is 24.0 Å². The molecule has 0 aliphatic carbocycles. The minimum atomic E-state index is -0.815. The van der Waals surface area contributed by atoms with E-state index >= 15 is 0 Å². The van der Waals surface area contributed by atoms with Gasteiger partial charge in [0.15, 0.2) is 0 Å². The molecule has 8 heteroatoms. The van der Waals surface area contributed by atoms with Gasteiger partial charge < -0.3 is 25.2 Å². The molecule has 0 saturated heterocycles. The van der Waals surface area contributed by atoms with Crippen molar-refractivity contribution >= 4 is 17.8 Å². The van der Waals surface area contributed by atoms with Crippen molar-refractivity contribution in [1.82, 2.24) is 4.90 Å². The zero-order chi connectivity index (χ0) is 24.1. The molecule has 0 fully saturated rings. The third-order valence-electron chi connectivity index (χ3n) is 5.11. The number of carboxylic acid groups (broad SMARTS) is 1. The van der Waals surface area contributed by atoms with Crippen molar-refractivity contribution in [3.05, 3.63) is 42.5 Å². The molecule has 0 radical (unpaired) electrons. The first-order valence-corrected chi connectivity index (χ1v) is 11.0. The molecular weight excluding hydrogens is 412 g/mol. The molecule has 3 atom stereocenters. The molecule has 0 spiro atoms. The maximum absolute atomic E-state index is 12.9. The summed E-state index contributed by atoms with van der Waals surface area (Å²) >= 11 is 0. The number of carbonyl (C=O) groups excluding carboxylic acids is 2. The summed E-state index contributed by atoms with van der Waals surface area (Å²) in [5.74, 6) is -1.09. The molecule has 178 valence electrons. The predicted octanol–water partition coefficient (Wildman–Crippen LogP) is 3.14. The Morgan fingerprint density at radius 3 is 2.38 bits per heavy atom. The van der Waals surface area contributed by atoms with Crippen LogP contribution in [0.2, 0.25) is 0 Å². The molecule has 3 N–H and O–H groups in total. The molecule has 0 saturated carbocycles. The van der Waals surface area contributed by atoms with E-state index in [4.69, 9.17) is 20.3 Å². The predicted molar refractivity (Wildman–Crippen MR) is 122 cm³/mol. The number of carboxylic acids is 1. The van der Waals surface area contributed by atoms with Crippen LogP contribution >= 0.6 is 0 Å². The smallest absolute Gasteiger partial charge is 0.329 e. The van der Waals surface area contributed by atoms with Gasteiger partial charge >= 0.3 is 11.9 Å². The van der Waals surface area contributed by atoms with Crippen molar-refractivity contribution in [3.8, 4) is 5.75 Å². The highest BCUT2D eigenvalue weighted by atomic mass is 16.5. The summed E-state index contributed by atoms with van der Waals surface area (Å²) < 4.78 is 10.9. The van der Waals surface area contributed by atoms with Crippen LogP contribution in [-0.4, -0.2) is 53.1 Å². The molecule has 0 aromatic heterocycles. The second-order valence-electron chi connectivity index (χ2n) is 7.85. The summed E-state index contributed by atoms with van der Waals surface area (Å²) in [4.78, 5) is 37.7. The van der Waals surface area contributed by atoms with Crippen molar-refractivity contribution in [3.63, 3.8) is 0 Å². The van der Waals surface area contributed by atoms with Crippen molar-refractivity contribution in [2.24, 2.45) is 11.7 Å². The summed E-state index contributed by atoms with van der Waals surface area (Å²) in [6, 6.07) is 5.71. The fourth-order valence-corrected chi connectivity index (χ4v) is 3.15. The van der Waals surface area contributed by atoms with Crippen molar-refractivity contribution in [2.45, 2.75) is 65.1 Å². The Bertz CT molecular complexity index is 747. The minimum absolute atomic E-state index is 0.0739. The van der Waals surface area contributed by atoms with Gasteiger partial charge in [-0.2, -0.15) is 0 Å². The lowest BCUT2D eigenvalue weighted by Gasteiger charge is -2.35. The van der Waals surface area contributed by atoms with Crippen LogP contribution < -0.4 is 10.5 Å². The van der Waals surface area contributed by atoms with Crippen LogP contribution in [0.3, 0.4) is 0 Å². The maximum Gasteiger partial charge on any atom is 0.329 e. The lowest BCUT2D eigenvalue weighted by atomic mass is 9.96. The standard InChI is InChI=1S/C24H36N2O6/c1-5-14-32-24(30)22(17(3)6-2)26(23(29)18(4)25)16-19-10-12-20(13-11-19)31-15-8-7-9-21(27)28/h5,10-13,17-18,22H,1,6-9,14-16,25H2,2-4H3,(H,27,28). The van der Waals surface area contributed by atoms with E-state index in [0.29, 0.717) is 31.6 Å². The minimum Gasteiger partial charge on any atom is -0.494 e. The number of rotatable bonds is 15. The molecule has 0 heterocycles. The van der Waals surface area contributed by atoms with Gasteiger partial charge in [-0.15, -0.1) is 0 Å². The zero-order valence-corrected chi connectivity index (χ0v) is 19.3. The number of nitrogens with zero attached hydrogens (tertiary/aromatic N) is 1. The number of nitrogens with two attached hydrogens (primary N) is 1. The molecule has 8 nitrogen and oxygen atoms in total. The maximum atomic E-state index is 12.9. The Balaban J connectivity index is 2.93. The van der Waals surface area contributed by atoms with Gasteiger partial charge in [0.2, 0.25) is 5.91 Å².